The number of carbonyl (C=O) groups is 1. The van der Waals surface area contributed by atoms with Gasteiger partial charge in [-0.05, 0) is 75.9 Å². The van der Waals surface area contributed by atoms with Gasteiger partial charge in [-0.15, -0.1) is 0 Å². The van der Waals surface area contributed by atoms with Crippen LogP contribution in [-0.4, -0.2) is 31.3 Å². The van der Waals surface area contributed by atoms with Gasteiger partial charge in [-0.3, -0.25) is 14.9 Å². The highest BCUT2D eigenvalue weighted by Gasteiger charge is 2.14. The first-order chi connectivity index (χ1) is 16.3. The van der Waals surface area contributed by atoms with Gasteiger partial charge < -0.3 is 14.2 Å². The summed E-state index contributed by atoms with van der Waals surface area (Å²) in [5, 5.41) is 14.8. The van der Waals surface area contributed by atoms with E-state index in [4.69, 9.17) is 14.2 Å². The summed E-state index contributed by atoms with van der Waals surface area (Å²) in [5.41, 5.74) is 5.27. The van der Waals surface area contributed by atoms with Crippen molar-refractivity contribution < 1.29 is 23.9 Å². The van der Waals surface area contributed by atoms with Crippen LogP contribution in [0.5, 0.6) is 17.2 Å². The Kier molecular flexibility index (Phi) is 8.20. The number of aryl methyl sites for hydroxylation is 1. The predicted octanol–water partition coefficient (Wildman–Crippen LogP) is 5.03. The van der Waals surface area contributed by atoms with Crippen molar-refractivity contribution in [1.29, 1.82) is 0 Å². The van der Waals surface area contributed by atoms with Crippen LogP contribution >= 0.6 is 15.9 Å². The molecule has 1 N–H and O–H groups in total. The second-order valence-electron chi connectivity index (χ2n) is 7.15. The van der Waals surface area contributed by atoms with Gasteiger partial charge in [-0.1, -0.05) is 6.07 Å². The van der Waals surface area contributed by atoms with Gasteiger partial charge in [-0.25, -0.2) is 5.43 Å². The number of nitrogens with one attached hydrogen (secondary N) is 1. The Balaban J connectivity index is 1.69. The van der Waals surface area contributed by atoms with Crippen LogP contribution in [0.15, 0.2) is 64.2 Å². The monoisotopic (exact) mass is 527 g/mol. The van der Waals surface area contributed by atoms with Crippen LogP contribution in [0, 0.1) is 17.0 Å². The fourth-order valence-electron chi connectivity index (χ4n) is 3.04. The molecule has 3 aromatic carbocycles. The number of nitro benzene ring substituents is 1. The first-order valence-corrected chi connectivity index (χ1v) is 10.8. The average molecular weight is 528 g/mol. The second-order valence-corrected chi connectivity index (χ2v) is 8.00. The summed E-state index contributed by atoms with van der Waals surface area (Å²) in [6, 6.07) is 14.8. The Labute approximate surface area is 204 Å². The number of hydrogen-bond donors (Lipinski definition) is 1. The van der Waals surface area contributed by atoms with Crippen molar-refractivity contribution in [3.63, 3.8) is 0 Å². The normalized spacial score (nSPS) is 10.7. The number of hydrazone groups is 1. The summed E-state index contributed by atoms with van der Waals surface area (Å²) in [4.78, 5) is 22.8. The molecule has 34 heavy (non-hydrogen) atoms. The smallest absolute Gasteiger partial charge is 0.275 e. The van der Waals surface area contributed by atoms with Crippen molar-refractivity contribution in [1.82, 2.24) is 5.43 Å². The number of rotatable bonds is 9. The van der Waals surface area contributed by atoms with Crippen molar-refractivity contribution in [2.75, 3.05) is 14.2 Å². The van der Waals surface area contributed by atoms with Crippen LogP contribution in [0.3, 0.4) is 0 Å². The fraction of sp³-hybridized carbons (Fsp3) is 0.167. The number of hydrogen-bond acceptors (Lipinski definition) is 7. The molecule has 0 spiro atoms. The highest BCUT2D eigenvalue weighted by molar-refractivity contribution is 9.10. The highest BCUT2D eigenvalue weighted by atomic mass is 79.9. The standard InChI is InChI=1S/C24H22BrN3O6/c1-15-4-9-19(21(10-15)32-2)24(29)27-26-13-17-11-20(25)23(22(12-17)33-3)34-14-16-5-7-18(8-6-16)28(30)31/h4-13H,14H2,1-3H3,(H,27,29)/b26-13-. The summed E-state index contributed by atoms with van der Waals surface area (Å²) in [5.74, 6) is 0.976. The third kappa shape index (κ3) is 6.10. The zero-order chi connectivity index (χ0) is 24.7. The lowest BCUT2D eigenvalue weighted by Gasteiger charge is -2.13. The maximum Gasteiger partial charge on any atom is 0.275 e. The number of halogens is 1. The number of carbonyl (C=O) groups excluding carboxylic acids is 1. The molecule has 0 fully saturated rings. The first kappa shape index (κ1) is 24.7. The summed E-state index contributed by atoms with van der Waals surface area (Å²) in [6.07, 6.45) is 1.48. The minimum Gasteiger partial charge on any atom is -0.496 e. The molecule has 10 heteroatoms. The van der Waals surface area contributed by atoms with Crippen molar-refractivity contribution in [2.45, 2.75) is 13.5 Å². The Morgan fingerprint density at radius 2 is 1.79 bits per heavy atom. The molecule has 0 radical (unpaired) electrons. The maximum atomic E-state index is 12.5. The number of nitrogens with zero attached hydrogens (tertiary/aromatic N) is 2. The number of nitro groups is 1. The van der Waals surface area contributed by atoms with E-state index < -0.39 is 10.8 Å². The quantitative estimate of drug-likeness (QED) is 0.237. The molecule has 9 nitrogen and oxygen atoms in total. The summed E-state index contributed by atoms with van der Waals surface area (Å²) in [6.45, 7) is 2.10. The minimum atomic E-state index is -0.454. The highest BCUT2D eigenvalue weighted by Crippen LogP contribution is 2.37. The molecule has 3 rings (SSSR count). The molecule has 0 saturated carbocycles. The van der Waals surface area contributed by atoms with E-state index in [1.165, 1.54) is 32.6 Å². The van der Waals surface area contributed by atoms with E-state index in [0.29, 0.717) is 32.8 Å². The van der Waals surface area contributed by atoms with Crippen LogP contribution in [-0.2, 0) is 6.61 Å². The van der Waals surface area contributed by atoms with E-state index in [-0.39, 0.29) is 12.3 Å². The lowest BCUT2D eigenvalue weighted by Crippen LogP contribution is -2.18. The van der Waals surface area contributed by atoms with Gasteiger partial charge in [0.05, 0.1) is 35.4 Å². The van der Waals surface area contributed by atoms with Gasteiger partial charge in [0.2, 0.25) is 0 Å². The molecule has 0 bridgehead atoms. The Morgan fingerprint density at radius 1 is 1.09 bits per heavy atom. The molecule has 3 aromatic rings. The summed E-state index contributed by atoms with van der Waals surface area (Å²) < 4.78 is 17.2. The van der Waals surface area contributed by atoms with Gasteiger partial charge in [0, 0.05) is 12.1 Å². The molecule has 0 atom stereocenters. The van der Waals surface area contributed by atoms with Crippen molar-refractivity contribution in [3.05, 3.63) is 91.4 Å². The van der Waals surface area contributed by atoms with E-state index in [2.05, 4.69) is 26.5 Å². The van der Waals surface area contributed by atoms with Gasteiger partial charge in [-0.2, -0.15) is 5.10 Å². The van der Waals surface area contributed by atoms with Gasteiger partial charge in [0.15, 0.2) is 11.5 Å². The molecule has 1 amide bonds. The molecule has 0 unspecified atom stereocenters. The maximum absolute atomic E-state index is 12.5. The minimum absolute atomic E-state index is 0.0130. The molecular weight excluding hydrogens is 506 g/mol. The summed E-state index contributed by atoms with van der Waals surface area (Å²) >= 11 is 3.47. The van der Waals surface area contributed by atoms with E-state index in [1.807, 2.05) is 13.0 Å². The SMILES string of the molecule is COc1cc(C)ccc1C(=O)N/N=C\c1cc(Br)c(OCc2ccc([N+](=O)[O-])cc2)c(OC)c1. The van der Waals surface area contributed by atoms with Gasteiger partial charge >= 0.3 is 0 Å². The molecule has 0 saturated heterocycles. The molecule has 176 valence electrons. The van der Waals surface area contributed by atoms with Crippen LogP contribution < -0.4 is 19.6 Å². The van der Waals surface area contributed by atoms with Crippen molar-refractivity contribution >= 4 is 33.7 Å². The zero-order valence-corrected chi connectivity index (χ0v) is 20.3. The third-order valence-corrected chi connectivity index (χ3v) is 5.35. The van der Waals surface area contributed by atoms with Crippen LogP contribution in [0.25, 0.3) is 0 Å². The van der Waals surface area contributed by atoms with Gasteiger partial charge in [0.1, 0.15) is 12.4 Å². The van der Waals surface area contributed by atoms with Crippen molar-refractivity contribution in [3.8, 4) is 17.2 Å². The molecule has 0 heterocycles. The predicted molar refractivity (Wildman–Crippen MR) is 131 cm³/mol. The zero-order valence-electron chi connectivity index (χ0n) is 18.7. The number of non-ortho nitro benzene ring substituents is 1. The lowest BCUT2D eigenvalue weighted by molar-refractivity contribution is -0.384. The molecule has 0 aliphatic heterocycles. The molecule has 0 aromatic heterocycles. The van der Waals surface area contributed by atoms with Crippen LogP contribution in [0.1, 0.15) is 27.0 Å². The second kappa shape index (κ2) is 11.3. The number of amides is 1. The Bertz CT molecular complexity index is 1230. The Hall–Kier alpha value is -3.92. The number of methoxy groups -OCH3 is 2. The fourth-order valence-corrected chi connectivity index (χ4v) is 3.61. The number of ether oxygens (including phenoxy) is 3. The Morgan fingerprint density at radius 3 is 2.44 bits per heavy atom. The average Bonchev–Trinajstić information content (AvgIpc) is 2.83. The molecule has 0 aliphatic rings. The molecular formula is C24H22BrN3O6. The van der Waals surface area contributed by atoms with E-state index >= 15 is 0 Å². The van der Waals surface area contributed by atoms with Gasteiger partial charge in [0.25, 0.3) is 11.6 Å². The topological polar surface area (TPSA) is 112 Å². The van der Waals surface area contributed by atoms with Crippen LogP contribution in [0.4, 0.5) is 5.69 Å². The van der Waals surface area contributed by atoms with E-state index in [0.717, 1.165) is 11.1 Å². The lowest BCUT2D eigenvalue weighted by atomic mass is 10.1. The molecule has 0 aliphatic carbocycles. The van der Waals surface area contributed by atoms with E-state index in [9.17, 15) is 14.9 Å². The number of benzene rings is 3. The third-order valence-electron chi connectivity index (χ3n) is 4.76. The van der Waals surface area contributed by atoms with Crippen molar-refractivity contribution in [2.24, 2.45) is 5.10 Å². The largest absolute Gasteiger partial charge is 0.496 e. The van der Waals surface area contributed by atoms with Crippen LogP contribution in [0.2, 0.25) is 0 Å². The van der Waals surface area contributed by atoms with E-state index in [1.54, 1.807) is 36.4 Å². The first-order valence-electron chi connectivity index (χ1n) is 10.0. The summed E-state index contributed by atoms with van der Waals surface area (Å²) in [7, 11) is 3.01.